The van der Waals surface area contributed by atoms with Gasteiger partial charge in [-0.15, -0.1) is 11.3 Å². The molecule has 1 saturated heterocycles. The van der Waals surface area contributed by atoms with Crippen molar-refractivity contribution in [2.24, 2.45) is 0 Å². The molecule has 3 N–H and O–H groups in total. The van der Waals surface area contributed by atoms with Gasteiger partial charge in [0.25, 0.3) is 5.91 Å². The van der Waals surface area contributed by atoms with Gasteiger partial charge < -0.3 is 15.0 Å². The van der Waals surface area contributed by atoms with Crippen molar-refractivity contribution in [1.82, 2.24) is 0 Å². The van der Waals surface area contributed by atoms with Crippen LogP contribution in [0, 0.1) is 5.41 Å². The number of piperidine rings is 1. The summed E-state index contributed by atoms with van der Waals surface area (Å²) in [5, 5.41) is 14.1. The maximum Gasteiger partial charge on any atom is 0.413 e. The molecule has 0 aliphatic carbocycles. The first-order valence-corrected chi connectivity index (χ1v) is 11.7. The van der Waals surface area contributed by atoms with Gasteiger partial charge in [0, 0.05) is 29.9 Å². The van der Waals surface area contributed by atoms with Crippen LogP contribution in [0.15, 0.2) is 66.7 Å². The number of carbonyl (C=O) groups is 2. The van der Waals surface area contributed by atoms with Crippen LogP contribution in [-0.4, -0.2) is 24.4 Å². The van der Waals surface area contributed by atoms with Gasteiger partial charge in [0.15, 0.2) is 0 Å². The summed E-state index contributed by atoms with van der Waals surface area (Å²) < 4.78 is 6.01. The number of ether oxygens (including phenoxy) is 1. The Kier molecular flexibility index (Phi) is 7.26. The van der Waals surface area contributed by atoms with Crippen molar-refractivity contribution in [3.8, 4) is 0 Å². The van der Waals surface area contributed by atoms with Crippen LogP contribution in [0.3, 0.4) is 0 Å². The van der Waals surface area contributed by atoms with Crippen LogP contribution in [0.25, 0.3) is 0 Å². The molecule has 3 aromatic rings. The standard InChI is InChI=1S/C24H23ClN4O3S/c25-19-13-14-21(33-19)28-24(31)32-22(16-6-2-1-3-7-16)23(30)27-17-9-11-18(12-10-17)29-15-5-4-8-20(29)26/h1-3,6-7,9-14,22,26H,4-5,8,15H2,(H,27,30)(H,28,31)/t22-/m1/s1. The van der Waals surface area contributed by atoms with Gasteiger partial charge in [-0.2, -0.15) is 0 Å². The number of hydrogen-bond acceptors (Lipinski definition) is 5. The quantitative estimate of drug-likeness (QED) is 0.384. The van der Waals surface area contributed by atoms with Crippen molar-refractivity contribution in [1.29, 1.82) is 5.41 Å². The molecule has 2 amide bonds. The van der Waals surface area contributed by atoms with Gasteiger partial charge in [-0.3, -0.25) is 15.5 Å². The summed E-state index contributed by atoms with van der Waals surface area (Å²) in [4.78, 5) is 27.5. The van der Waals surface area contributed by atoms with E-state index in [1.54, 1.807) is 48.5 Å². The number of halogens is 1. The Bertz CT molecular complexity index is 1130. The van der Waals surface area contributed by atoms with Gasteiger partial charge >= 0.3 is 6.09 Å². The minimum absolute atomic E-state index is 0.473. The third kappa shape index (κ3) is 5.91. The fourth-order valence-corrected chi connectivity index (χ4v) is 4.50. The molecule has 9 heteroatoms. The van der Waals surface area contributed by atoms with Crippen molar-refractivity contribution >= 4 is 57.1 Å². The van der Waals surface area contributed by atoms with Gasteiger partial charge in [0.2, 0.25) is 6.10 Å². The molecule has 0 radical (unpaired) electrons. The molecule has 1 fully saturated rings. The summed E-state index contributed by atoms with van der Waals surface area (Å²) in [5.41, 5.74) is 2.04. The summed E-state index contributed by atoms with van der Waals surface area (Å²) in [6, 6.07) is 19.5. The number of rotatable bonds is 6. The van der Waals surface area contributed by atoms with Crippen LogP contribution in [0.5, 0.6) is 0 Å². The third-order valence-corrected chi connectivity index (χ3v) is 6.33. The molecular formula is C24H23ClN4O3S. The van der Waals surface area contributed by atoms with Crippen LogP contribution in [0.2, 0.25) is 4.34 Å². The Morgan fingerprint density at radius 1 is 1.00 bits per heavy atom. The molecule has 0 bridgehead atoms. The van der Waals surface area contributed by atoms with Gasteiger partial charge in [0.1, 0.15) is 5.84 Å². The number of hydrogen-bond donors (Lipinski definition) is 3. The van der Waals surface area contributed by atoms with Crippen LogP contribution < -0.4 is 15.5 Å². The lowest BCUT2D eigenvalue weighted by molar-refractivity contribution is -0.124. The molecule has 170 valence electrons. The summed E-state index contributed by atoms with van der Waals surface area (Å²) in [6.45, 7) is 0.818. The third-order valence-electron chi connectivity index (χ3n) is 5.18. The van der Waals surface area contributed by atoms with E-state index in [9.17, 15) is 9.59 Å². The fourth-order valence-electron chi connectivity index (χ4n) is 3.57. The number of nitrogens with zero attached hydrogens (tertiary/aromatic N) is 1. The fraction of sp³-hybridized carbons (Fsp3) is 0.208. The van der Waals surface area contributed by atoms with Crippen molar-refractivity contribution in [3.63, 3.8) is 0 Å². The van der Waals surface area contributed by atoms with E-state index in [0.717, 1.165) is 31.5 Å². The molecule has 4 rings (SSSR count). The number of amidine groups is 1. The van der Waals surface area contributed by atoms with Crippen LogP contribution in [0.1, 0.15) is 30.9 Å². The maximum atomic E-state index is 13.1. The number of amides is 2. The average molecular weight is 483 g/mol. The van der Waals surface area contributed by atoms with Crippen molar-refractivity contribution < 1.29 is 14.3 Å². The summed E-state index contributed by atoms with van der Waals surface area (Å²) in [5.74, 6) is 0.132. The zero-order valence-electron chi connectivity index (χ0n) is 17.7. The molecule has 0 unspecified atom stereocenters. The second-order valence-electron chi connectivity index (χ2n) is 7.52. The normalized spacial score (nSPS) is 14.5. The van der Waals surface area contributed by atoms with Gasteiger partial charge in [-0.05, 0) is 49.2 Å². The zero-order chi connectivity index (χ0) is 23.2. The van der Waals surface area contributed by atoms with E-state index in [0.29, 0.717) is 26.4 Å². The molecule has 1 aliphatic rings. The number of benzene rings is 2. The molecule has 1 aliphatic heterocycles. The predicted octanol–water partition coefficient (Wildman–Crippen LogP) is 6.30. The molecule has 2 heterocycles. The van der Waals surface area contributed by atoms with Gasteiger partial charge in [-0.25, -0.2) is 4.79 Å². The highest BCUT2D eigenvalue weighted by atomic mass is 35.5. The molecule has 33 heavy (non-hydrogen) atoms. The summed E-state index contributed by atoms with van der Waals surface area (Å²) in [6.07, 6.45) is 0.968. The molecule has 1 atom stereocenters. The van der Waals surface area contributed by atoms with Crippen molar-refractivity contribution in [3.05, 3.63) is 76.6 Å². The topological polar surface area (TPSA) is 94.5 Å². The predicted molar refractivity (Wildman–Crippen MR) is 133 cm³/mol. The first-order valence-electron chi connectivity index (χ1n) is 10.5. The van der Waals surface area contributed by atoms with E-state index in [1.165, 1.54) is 11.3 Å². The molecule has 2 aromatic carbocycles. The highest BCUT2D eigenvalue weighted by molar-refractivity contribution is 7.20. The zero-order valence-corrected chi connectivity index (χ0v) is 19.3. The van der Waals surface area contributed by atoms with E-state index < -0.39 is 18.1 Å². The molecule has 7 nitrogen and oxygen atoms in total. The minimum Gasteiger partial charge on any atom is -0.431 e. The lowest BCUT2D eigenvalue weighted by atomic mass is 10.1. The Balaban J connectivity index is 1.46. The number of carbonyl (C=O) groups excluding carboxylic acids is 2. The number of anilines is 3. The second-order valence-corrected chi connectivity index (χ2v) is 9.23. The van der Waals surface area contributed by atoms with Crippen LogP contribution in [-0.2, 0) is 9.53 Å². The Morgan fingerprint density at radius 2 is 1.76 bits per heavy atom. The van der Waals surface area contributed by atoms with Crippen LogP contribution in [0.4, 0.5) is 21.2 Å². The number of nitrogens with one attached hydrogen (secondary N) is 3. The van der Waals surface area contributed by atoms with E-state index in [4.69, 9.17) is 21.7 Å². The Hall–Kier alpha value is -3.36. The minimum atomic E-state index is -1.14. The highest BCUT2D eigenvalue weighted by Gasteiger charge is 2.26. The lowest BCUT2D eigenvalue weighted by Gasteiger charge is -2.29. The van der Waals surface area contributed by atoms with E-state index in [2.05, 4.69) is 10.6 Å². The van der Waals surface area contributed by atoms with Crippen molar-refractivity contribution in [2.45, 2.75) is 25.4 Å². The average Bonchev–Trinajstić information content (AvgIpc) is 3.23. The first-order chi connectivity index (χ1) is 16.0. The first kappa shape index (κ1) is 22.8. The maximum absolute atomic E-state index is 13.1. The summed E-state index contributed by atoms with van der Waals surface area (Å²) in [7, 11) is 0. The van der Waals surface area contributed by atoms with E-state index in [1.807, 2.05) is 23.1 Å². The molecule has 1 aromatic heterocycles. The Morgan fingerprint density at radius 3 is 2.42 bits per heavy atom. The molecule has 0 spiro atoms. The van der Waals surface area contributed by atoms with Gasteiger partial charge in [0.05, 0.1) is 9.34 Å². The SMILES string of the molecule is N=C1CCCCN1c1ccc(NC(=O)[C@H](OC(=O)Nc2ccc(Cl)s2)c2ccccc2)cc1. The van der Waals surface area contributed by atoms with Crippen molar-refractivity contribution in [2.75, 3.05) is 22.1 Å². The second kappa shape index (κ2) is 10.5. The number of thiophene rings is 1. The highest BCUT2D eigenvalue weighted by Crippen LogP contribution is 2.28. The summed E-state index contributed by atoms with van der Waals surface area (Å²) >= 11 is 7.10. The van der Waals surface area contributed by atoms with Gasteiger partial charge in [-0.1, -0.05) is 41.9 Å². The van der Waals surface area contributed by atoms with E-state index >= 15 is 0 Å². The Labute approximate surface area is 200 Å². The smallest absolute Gasteiger partial charge is 0.413 e. The molecule has 0 saturated carbocycles. The van der Waals surface area contributed by atoms with E-state index in [-0.39, 0.29) is 0 Å². The lowest BCUT2D eigenvalue weighted by Crippen LogP contribution is -2.34. The monoisotopic (exact) mass is 482 g/mol. The molecular weight excluding hydrogens is 460 g/mol. The largest absolute Gasteiger partial charge is 0.431 e. The van der Waals surface area contributed by atoms with Crippen LogP contribution >= 0.6 is 22.9 Å².